The van der Waals surface area contributed by atoms with Crippen molar-refractivity contribution < 1.29 is 0 Å². The van der Waals surface area contributed by atoms with Crippen LogP contribution in [0.3, 0.4) is 0 Å². The zero-order valence-corrected chi connectivity index (χ0v) is 12.4. The van der Waals surface area contributed by atoms with Gasteiger partial charge >= 0.3 is 0 Å². The van der Waals surface area contributed by atoms with Gasteiger partial charge in [-0.3, -0.25) is 0 Å². The van der Waals surface area contributed by atoms with Gasteiger partial charge in [-0.2, -0.15) is 5.10 Å². The van der Waals surface area contributed by atoms with Crippen LogP contribution in [0.5, 0.6) is 0 Å². The molecule has 0 bridgehead atoms. The zero-order chi connectivity index (χ0) is 13.8. The zero-order valence-electron chi connectivity index (χ0n) is 10.8. The molecular weight excluding hydrogens is 314 g/mol. The van der Waals surface area contributed by atoms with E-state index in [1.165, 1.54) is 5.56 Å². The number of anilines is 1. The van der Waals surface area contributed by atoms with Crippen molar-refractivity contribution in [2.75, 3.05) is 5.32 Å². The molecule has 0 unspecified atom stereocenters. The molecule has 3 rings (SSSR count). The number of nitrogens with zero attached hydrogens (tertiary/aromatic N) is 2. The summed E-state index contributed by atoms with van der Waals surface area (Å²) in [4.78, 5) is 0. The summed E-state index contributed by atoms with van der Waals surface area (Å²) in [6, 6.07) is 18.5. The second-order valence-corrected chi connectivity index (χ2v) is 5.39. The first-order chi connectivity index (χ1) is 9.81. The Kier molecular flexibility index (Phi) is 3.83. The van der Waals surface area contributed by atoms with Crippen LogP contribution in [0.25, 0.3) is 5.69 Å². The summed E-state index contributed by atoms with van der Waals surface area (Å²) in [5.41, 5.74) is 3.43. The molecule has 0 spiro atoms. The highest BCUT2D eigenvalue weighted by Crippen LogP contribution is 2.15. The van der Waals surface area contributed by atoms with Crippen molar-refractivity contribution in [3.63, 3.8) is 0 Å². The van der Waals surface area contributed by atoms with E-state index in [9.17, 15) is 0 Å². The van der Waals surface area contributed by atoms with E-state index in [0.717, 1.165) is 22.4 Å². The molecule has 1 N–H and O–H groups in total. The lowest BCUT2D eigenvalue weighted by Gasteiger charge is -2.08. The molecule has 0 saturated heterocycles. The molecule has 3 nitrogen and oxygen atoms in total. The lowest BCUT2D eigenvalue weighted by molar-refractivity contribution is 0.879. The Morgan fingerprint density at radius 2 is 1.75 bits per heavy atom. The third kappa shape index (κ3) is 3.08. The Bertz CT molecular complexity index is 658. The quantitative estimate of drug-likeness (QED) is 0.776. The third-order valence-corrected chi connectivity index (χ3v) is 3.57. The number of hydrogen-bond acceptors (Lipinski definition) is 2. The van der Waals surface area contributed by atoms with Crippen LogP contribution < -0.4 is 5.32 Å². The van der Waals surface area contributed by atoms with Crippen molar-refractivity contribution in [2.45, 2.75) is 6.54 Å². The summed E-state index contributed by atoms with van der Waals surface area (Å²) in [6.07, 6.45) is 3.72. The normalized spacial score (nSPS) is 10.4. The van der Waals surface area contributed by atoms with Crippen molar-refractivity contribution in [3.05, 3.63) is 77.0 Å². The van der Waals surface area contributed by atoms with Gasteiger partial charge in [-0.15, -0.1) is 0 Å². The van der Waals surface area contributed by atoms with Gasteiger partial charge < -0.3 is 5.32 Å². The average Bonchev–Trinajstić information content (AvgIpc) is 3.01. The van der Waals surface area contributed by atoms with Crippen LogP contribution in [-0.2, 0) is 6.54 Å². The number of rotatable bonds is 4. The highest BCUT2D eigenvalue weighted by molar-refractivity contribution is 9.10. The number of hydrogen-bond donors (Lipinski definition) is 1. The molecule has 0 aliphatic heterocycles. The molecule has 2 aromatic carbocycles. The maximum absolute atomic E-state index is 4.21. The Hall–Kier alpha value is -2.07. The van der Waals surface area contributed by atoms with E-state index in [0.29, 0.717) is 0 Å². The van der Waals surface area contributed by atoms with Gasteiger partial charge in [0.15, 0.2) is 0 Å². The molecule has 0 aliphatic rings. The van der Waals surface area contributed by atoms with Gasteiger partial charge in [0.2, 0.25) is 0 Å². The third-order valence-electron chi connectivity index (χ3n) is 3.05. The summed E-state index contributed by atoms with van der Waals surface area (Å²) in [6.45, 7) is 0.807. The van der Waals surface area contributed by atoms with E-state index in [1.807, 2.05) is 29.1 Å². The smallest absolute Gasteiger partial charge is 0.0645 e. The van der Waals surface area contributed by atoms with Crippen LogP contribution in [0.15, 0.2) is 71.5 Å². The SMILES string of the molecule is Brc1ccc(NCc2ccc(-n3cccn3)cc2)cc1. The van der Waals surface area contributed by atoms with Crippen molar-refractivity contribution in [2.24, 2.45) is 0 Å². The second-order valence-electron chi connectivity index (χ2n) is 4.48. The highest BCUT2D eigenvalue weighted by atomic mass is 79.9. The van der Waals surface area contributed by atoms with Gasteiger partial charge in [-0.25, -0.2) is 4.68 Å². The fourth-order valence-corrected chi connectivity index (χ4v) is 2.22. The monoisotopic (exact) mass is 327 g/mol. The average molecular weight is 328 g/mol. The van der Waals surface area contributed by atoms with Crippen LogP contribution in [0, 0.1) is 0 Å². The standard InChI is InChI=1S/C16H14BrN3/c17-14-4-6-15(7-5-14)18-12-13-2-8-16(9-3-13)20-11-1-10-19-20/h1-11,18H,12H2. The van der Waals surface area contributed by atoms with Gasteiger partial charge in [-0.1, -0.05) is 28.1 Å². The Balaban J connectivity index is 1.65. The van der Waals surface area contributed by atoms with Crippen molar-refractivity contribution >= 4 is 21.6 Å². The summed E-state index contributed by atoms with van der Waals surface area (Å²) in [5, 5.41) is 7.61. The minimum Gasteiger partial charge on any atom is -0.381 e. The summed E-state index contributed by atoms with van der Waals surface area (Å²) in [7, 11) is 0. The van der Waals surface area contributed by atoms with E-state index < -0.39 is 0 Å². The van der Waals surface area contributed by atoms with Gasteiger partial charge in [-0.05, 0) is 48.0 Å². The predicted molar refractivity (Wildman–Crippen MR) is 85.0 cm³/mol. The van der Waals surface area contributed by atoms with E-state index >= 15 is 0 Å². The largest absolute Gasteiger partial charge is 0.381 e. The maximum Gasteiger partial charge on any atom is 0.0645 e. The number of aromatic nitrogens is 2. The lowest BCUT2D eigenvalue weighted by Crippen LogP contribution is -2.00. The molecule has 3 aromatic rings. The van der Waals surface area contributed by atoms with Gasteiger partial charge in [0.05, 0.1) is 5.69 Å². The Morgan fingerprint density at radius 3 is 2.40 bits per heavy atom. The molecular formula is C16H14BrN3. The first-order valence-corrected chi connectivity index (χ1v) is 7.19. The molecule has 100 valence electrons. The van der Waals surface area contributed by atoms with E-state index in [1.54, 1.807) is 6.20 Å². The molecule has 20 heavy (non-hydrogen) atoms. The minimum absolute atomic E-state index is 0.807. The van der Waals surface area contributed by atoms with E-state index in [2.05, 4.69) is 62.7 Å². The molecule has 0 amide bonds. The van der Waals surface area contributed by atoms with Crippen molar-refractivity contribution in [1.82, 2.24) is 9.78 Å². The minimum atomic E-state index is 0.807. The summed E-state index contributed by atoms with van der Waals surface area (Å²) >= 11 is 3.43. The Labute approximate surface area is 126 Å². The molecule has 0 radical (unpaired) electrons. The maximum atomic E-state index is 4.21. The second kappa shape index (κ2) is 5.92. The van der Waals surface area contributed by atoms with E-state index in [4.69, 9.17) is 0 Å². The number of halogens is 1. The fourth-order valence-electron chi connectivity index (χ4n) is 1.96. The number of nitrogens with one attached hydrogen (secondary N) is 1. The molecule has 4 heteroatoms. The molecule has 1 aromatic heterocycles. The topological polar surface area (TPSA) is 29.9 Å². The van der Waals surface area contributed by atoms with E-state index in [-0.39, 0.29) is 0 Å². The summed E-state index contributed by atoms with van der Waals surface area (Å²) in [5.74, 6) is 0. The fraction of sp³-hybridized carbons (Fsp3) is 0.0625. The first-order valence-electron chi connectivity index (χ1n) is 6.40. The first kappa shape index (κ1) is 12.9. The predicted octanol–water partition coefficient (Wildman–Crippen LogP) is 4.25. The molecule has 0 atom stereocenters. The number of benzene rings is 2. The van der Waals surface area contributed by atoms with Crippen LogP contribution in [0.4, 0.5) is 5.69 Å². The van der Waals surface area contributed by atoms with Crippen LogP contribution in [-0.4, -0.2) is 9.78 Å². The van der Waals surface area contributed by atoms with Gasteiger partial charge in [0.1, 0.15) is 0 Å². The van der Waals surface area contributed by atoms with Crippen LogP contribution in [0.2, 0.25) is 0 Å². The van der Waals surface area contributed by atoms with Crippen molar-refractivity contribution in [3.8, 4) is 5.69 Å². The van der Waals surface area contributed by atoms with Gasteiger partial charge in [0.25, 0.3) is 0 Å². The highest BCUT2D eigenvalue weighted by Gasteiger charge is 1.98. The molecule has 0 aliphatic carbocycles. The Morgan fingerprint density at radius 1 is 1.00 bits per heavy atom. The van der Waals surface area contributed by atoms with Crippen molar-refractivity contribution in [1.29, 1.82) is 0 Å². The van der Waals surface area contributed by atoms with Crippen LogP contribution >= 0.6 is 15.9 Å². The van der Waals surface area contributed by atoms with Gasteiger partial charge in [0, 0.05) is 29.1 Å². The lowest BCUT2D eigenvalue weighted by atomic mass is 10.2. The molecule has 0 saturated carbocycles. The summed E-state index contributed by atoms with van der Waals surface area (Å²) < 4.78 is 2.94. The molecule has 1 heterocycles. The molecule has 0 fully saturated rings. The van der Waals surface area contributed by atoms with Crippen LogP contribution in [0.1, 0.15) is 5.56 Å².